The van der Waals surface area contributed by atoms with E-state index in [1.165, 1.54) is 128 Å². The van der Waals surface area contributed by atoms with E-state index in [1.54, 1.807) is 0 Å². The molecule has 2 aliphatic rings. The second-order valence-corrected chi connectivity index (χ2v) is 28.0. The van der Waals surface area contributed by atoms with E-state index in [-0.39, 0.29) is 32.5 Å². The van der Waals surface area contributed by atoms with Crippen LogP contribution in [0.5, 0.6) is 0 Å². The number of anilines is 5. The molecule has 1 saturated carbocycles. The molecule has 0 aliphatic heterocycles. The van der Waals surface area contributed by atoms with Crippen LogP contribution < -0.4 is 10.2 Å². The SMILES string of the molecule is CC(C)(C)c1cc(Nc2ccc(-c3ccc4c(c3)C(C)(C)CCC4(C)C)cc2)cc(N(c2ccc(C3CCCCC3)cc2-c2cc(C(C)(C)C)cc(C(C)(C)C)c2)c2csc3ccc(C(C)(C)C)cc23)c1. The van der Waals surface area contributed by atoms with Crippen LogP contribution in [0.1, 0.15) is 201 Å². The maximum atomic E-state index is 3.95. The van der Waals surface area contributed by atoms with Gasteiger partial charge in [0.2, 0.25) is 0 Å². The molecule has 2 nitrogen and oxygen atoms in total. The zero-order chi connectivity index (χ0) is 51.1. The highest BCUT2D eigenvalue weighted by Crippen LogP contribution is 2.51. The minimum atomic E-state index is -0.108. The van der Waals surface area contributed by atoms with Gasteiger partial charge in [-0.25, -0.2) is 0 Å². The first kappa shape index (κ1) is 50.8. The summed E-state index contributed by atoms with van der Waals surface area (Å²) in [5, 5.41) is 7.66. The molecule has 0 unspecified atom stereocenters. The van der Waals surface area contributed by atoms with Crippen molar-refractivity contribution in [1.82, 2.24) is 0 Å². The van der Waals surface area contributed by atoms with Crippen LogP contribution >= 0.6 is 11.3 Å². The van der Waals surface area contributed by atoms with Gasteiger partial charge in [-0.1, -0.05) is 191 Å². The minimum Gasteiger partial charge on any atom is -0.355 e. The lowest BCUT2D eigenvalue weighted by atomic mass is 9.63. The highest BCUT2D eigenvalue weighted by Gasteiger charge is 2.37. The Morgan fingerprint density at radius 2 is 1.07 bits per heavy atom. The predicted molar refractivity (Wildman–Crippen MR) is 313 cm³/mol. The topological polar surface area (TPSA) is 15.3 Å². The average molecular weight is 962 g/mol. The van der Waals surface area contributed by atoms with Gasteiger partial charge in [-0.15, -0.1) is 11.3 Å². The van der Waals surface area contributed by atoms with Gasteiger partial charge in [-0.3, -0.25) is 0 Å². The molecule has 1 heterocycles. The third-order valence-electron chi connectivity index (χ3n) is 16.4. The molecule has 1 N–H and O–H groups in total. The maximum absolute atomic E-state index is 3.95. The number of rotatable bonds is 8. The maximum Gasteiger partial charge on any atom is 0.0647 e. The second-order valence-electron chi connectivity index (χ2n) is 27.1. The fourth-order valence-electron chi connectivity index (χ4n) is 11.3. The van der Waals surface area contributed by atoms with Gasteiger partial charge in [0.05, 0.1) is 11.4 Å². The minimum absolute atomic E-state index is 0.00792. The van der Waals surface area contributed by atoms with Crippen molar-refractivity contribution in [1.29, 1.82) is 0 Å². The van der Waals surface area contributed by atoms with Crippen molar-refractivity contribution in [3.05, 3.63) is 160 Å². The Labute approximate surface area is 433 Å². The average Bonchev–Trinajstić information content (AvgIpc) is 3.73. The number of hydrogen-bond acceptors (Lipinski definition) is 3. The van der Waals surface area contributed by atoms with Crippen LogP contribution in [0.15, 0.2) is 121 Å². The summed E-state index contributed by atoms with van der Waals surface area (Å²) in [4.78, 5) is 2.62. The summed E-state index contributed by atoms with van der Waals surface area (Å²) in [5.74, 6) is 0.576. The Bertz CT molecular complexity index is 3030. The molecule has 0 spiro atoms. The van der Waals surface area contributed by atoms with Crippen LogP contribution in [0.25, 0.3) is 32.3 Å². The number of thiophene rings is 1. The van der Waals surface area contributed by atoms with Crippen molar-refractivity contribution in [3.8, 4) is 22.3 Å². The normalized spacial score (nSPS) is 16.5. The van der Waals surface area contributed by atoms with Crippen LogP contribution in [0, 0.1) is 0 Å². The van der Waals surface area contributed by atoms with E-state index in [0.717, 1.165) is 17.1 Å². The van der Waals surface area contributed by atoms with Gasteiger partial charge in [0, 0.05) is 38.1 Å². The summed E-state index contributed by atoms with van der Waals surface area (Å²) in [6, 6.07) is 45.8. The molecular formula is C68H84N2S. The lowest BCUT2D eigenvalue weighted by Gasteiger charge is -2.42. The molecule has 9 rings (SSSR count). The zero-order valence-corrected chi connectivity index (χ0v) is 47.2. The largest absolute Gasteiger partial charge is 0.355 e. The first-order valence-corrected chi connectivity index (χ1v) is 27.8. The molecule has 71 heavy (non-hydrogen) atoms. The molecule has 1 fully saturated rings. The highest BCUT2D eigenvalue weighted by molar-refractivity contribution is 7.17. The predicted octanol–water partition coefficient (Wildman–Crippen LogP) is 21.0. The lowest BCUT2D eigenvalue weighted by molar-refractivity contribution is 0.332. The summed E-state index contributed by atoms with van der Waals surface area (Å²) >= 11 is 1.86. The molecule has 0 bridgehead atoms. The molecular weight excluding hydrogens is 877 g/mol. The van der Waals surface area contributed by atoms with Crippen molar-refractivity contribution in [2.75, 3.05) is 10.2 Å². The highest BCUT2D eigenvalue weighted by atomic mass is 32.1. The van der Waals surface area contributed by atoms with Crippen molar-refractivity contribution < 1.29 is 0 Å². The van der Waals surface area contributed by atoms with Gasteiger partial charge in [0.1, 0.15) is 0 Å². The number of hydrogen-bond donors (Lipinski definition) is 1. The van der Waals surface area contributed by atoms with Crippen LogP contribution in [0.3, 0.4) is 0 Å². The summed E-state index contributed by atoms with van der Waals surface area (Å²) in [5.41, 5.74) is 21.0. The number of nitrogens with one attached hydrogen (secondary N) is 1. The monoisotopic (exact) mass is 961 g/mol. The van der Waals surface area contributed by atoms with Crippen LogP contribution in [-0.4, -0.2) is 0 Å². The molecule has 0 amide bonds. The van der Waals surface area contributed by atoms with E-state index >= 15 is 0 Å². The van der Waals surface area contributed by atoms with Gasteiger partial charge < -0.3 is 10.2 Å². The molecule has 1 aromatic heterocycles. The van der Waals surface area contributed by atoms with Crippen molar-refractivity contribution in [2.45, 2.75) is 194 Å². The Balaban J connectivity index is 1.23. The van der Waals surface area contributed by atoms with Gasteiger partial charge in [-0.05, 0) is 174 Å². The quantitative estimate of drug-likeness (QED) is 0.163. The molecule has 0 radical (unpaired) electrons. The molecule has 7 aromatic rings. The van der Waals surface area contributed by atoms with Crippen molar-refractivity contribution in [2.24, 2.45) is 0 Å². The van der Waals surface area contributed by atoms with E-state index < -0.39 is 0 Å². The Kier molecular flexibility index (Phi) is 13.2. The van der Waals surface area contributed by atoms with Crippen LogP contribution in [0.4, 0.5) is 28.4 Å². The Morgan fingerprint density at radius 1 is 0.479 bits per heavy atom. The Hall–Kier alpha value is -5.12. The summed E-state index contributed by atoms with van der Waals surface area (Å²) in [6.45, 7) is 37.9. The summed E-state index contributed by atoms with van der Waals surface area (Å²) < 4.78 is 1.31. The van der Waals surface area contributed by atoms with E-state index in [4.69, 9.17) is 0 Å². The standard InChI is InChI=1S/C68H84N2S/c1-63(2,3)49-26-31-62-57(41-49)61(43-71-62)70(60-30-25-46(44-20-18-17-19-21-44)36-56(60)48-34-50(64(4,5)6)38-51(35-48)65(7,8)9)55-40-52(66(10,11)12)39-54(42-55)69-53-27-22-45(23-28-53)47-24-29-58-59(37-47)68(15,16)33-32-67(58,13)14/h22-31,34-44,69H,17-21,32-33H2,1-16H3. The summed E-state index contributed by atoms with van der Waals surface area (Å²) in [7, 11) is 0. The van der Waals surface area contributed by atoms with Crippen molar-refractivity contribution in [3.63, 3.8) is 0 Å². The van der Waals surface area contributed by atoms with Gasteiger partial charge in [-0.2, -0.15) is 0 Å². The third-order valence-corrected chi connectivity index (χ3v) is 17.3. The van der Waals surface area contributed by atoms with Gasteiger partial charge in [0.25, 0.3) is 0 Å². The van der Waals surface area contributed by atoms with Crippen LogP contribution in [0.2, 0.25) is 0 Å². The molecule has 2 aliphatic carbocycles. The van der Waals surface area contributed by atoms with Crippen molar-refractivity contribution >= 4 is 49.9 Å². The molecule has 0 saturated heterocycles. The molecule has 0 atom stereocenters. The van der Waals surface area contributed by atoms with Gasteiger partial charge in [0.15, 0.2) is 0 Å². The smallest absolute Gasteiger partial charge is 0.0647 e. The Morgan fingerprint density at radius 3 is 1.69 bits per heavy atom. The van der Waals surface area contributed by atoms with Gasteiger partial charge >= 0.3 is 0 Å². The van der Waals surface area contributed by atoms with E-state index in [1.807, 2.05) is 11.3 Å². The summed E-state index contributed by atoms with van der Waals surface area (Å²) in [6.07, 6.45) is 8.91. The first-order chi connectivity index (χ1) is 33.2. The fourth-order valence-corrected chi connectivity index (χ4v) is 12.2. The van der Waals surface area contributed by atoms with Crippen LogP contribution in [-0.2, 0) is 32.5 Å². The third kappa shape index (κ3) is 10.6. The fraction of sp³-hybridized carbons (Fsp3) is 0.441. The van der Waals surface area contributed by atoms with E-state index in [0.29, 0.717) is 5.92 Å². The molecule has 6 aromatic carbocycles. The molecule has 372 valence electrons. The molecule has 3 heteroatoms. The number of nitrogens with zero attached hydrogens (tertiary/aromatic N) is 1. The number of benzene rings is 6. The lowest BCUT2D eigenvalue weighted by Crippen LogP contribution is -2.33. The van der Waals surface area contributed by atoms with E-state index in [2.05, 4.69) is 242 Å². The first-order valence-electron chi connectivity index (χ1n) is 27.0. The zero-order valence-electron chi connectivity index (χ0n) is 46.4. The number of fused-ring (bicyclic) bond motifs is 2. The second kappa shape index (κ2) is 18.4. The van der Waals surface area contributed by atoms with E-state index in [9.17, 15) is 0 Å².